The molecule has 2 aromatic carbocycles. The highest BCUT2D eigenvalue weighted by molar-refractivity contribution is 6.08. The molecule has 162 valence electrons. The minimum atomic E-state index is -4.71. The zero-order valence-electron chi connectivity index (χ0n) is 16.6. The van der Waals surface area contributed by atoms with Crippen LogP contribution in [-0.4, -0.2) is 26.4 Å². The smallest absolute Gasteiger partial charge is 0.326 e. The van der Waals surface area contributed by atoms with E-state index in [2.05, 4.69) is 20.7 Å². The second-order valence-corrected chi connectivity index (χ2v) is 6.90. The summed E-state index contributed by atoms with van der Waals surface area (Å²) in [6.07, 6.45) is -3.67. The summed E-state index contributed by atoms with van der Waals surface area (Å²) < 4.78 is 41.7. The molecule has 0 radical (unpaired) electrons. The molecule has 0 aliphatic heterocycles. The van der Waals surface area contributed by atoms with E-state index in [0.29, 0.717) is 21.5 Å². The van der Waals surface area contributed by atoms with Gasteiger partial charge in [-0.3, -0.25) is 9.59 Å². The Bertz CT molecular complexity index is 1320. The highest BCUT2D eigenvalue weighted by Crippen LogP contribution is 2.32. The zero-order chi connectivity index (χ0) is 22.9. The molecule has 2 heterocycles. The van der Waals surface area contributed by atoms with E-state index in [9.17, 15) is 22.8 Å². The molecule has 0 aliphatic carbocycles. The van der Waals surface area contributed by atoms with E-state index in [4.69, 9.17) is 0 Å². The van der Waals surface area contributed by atoms with E-state index in [1.165, 1.54) is 13.0 Å². The van der Waals surface area contributed by atoms with Crippen molar-refractivity contribution in [1.82, 2.24) is 14.6 Å². The van der Waals surface area contributed by atoms with E-state index in [-0.39, 0.29) is 22.8 Å². The van der Waals surface area contributed by atoms with Crippen LogP contribution in [0.2, 0.25) is 0 Å². The van der Waals surface area contributed by atoms with Crippen molar-refractivity contribution in [2.75, 3.05) is 10.6 Å². The van der Waals surface area contributed by atoms with Gasteiger partial charge in [-0.25, -0.2) is 9.50 Å². The van der Waals surface area contributed by atoms with Crippen molar-refractivity contribution in [3.8, 4) is 11.3 Å². The number of carbonyl (C=O) groups excluding carboxylic acids is 2. The van der Waals surface area contributed by atoms with Crippen molar-refractivity contribution < 1.29 is 22.8 Å². The molecule has 0 saturated heterocycles. The molecule has 0 spiro atoms. The first kappa shape index (κ1) is 21.0. The number of amides is 2. The van der Waals surface area contributed by atoms with Gasteiger partial charge in [-0.2, -0.15) is 18.3 Å². The molecule has 10 heteroatoms. The molecule has 7 nitrogen and oxygen atoms in total. The molecular formula is C22H16F3N5O2. The number of halogens is 3. The van der Waals surface area contributed by atoms with Crippen LogP contribution in [0.1, 0.15) is 23.0 Å². The van der Waals surface area contributed by atoms with Crippen LogP contribution >= 0.6 is 0 Å². The van der Waals surface area contributed by atoms with Gasteiger partial charge in [-0.1, -0.05) is 36.4 Å². The lowest BCUT2D eigenvalue weighted by molar-refractivity contribution is -0.142. The van der Waals surface area contributed by atoms with Crippen LogP contribution in [0.3, 0.4) is 0 Å². The lowest BCUT2D eigenvalue weighted by atomic mass is 10.1. The van der Waals surface area contributed by atoms with Crippen molar-refractivity contribution in [2.24, 2.45) is 0 Å². The van der Waals surface area contributed by atoms with Crippen LogP contribution in [0.4, 0.5) is 24.5 Å². The Morgan fingerprint density at radius 1 is 0.938 bits per heavy atom. The van der Waals surface area contributed by atoms with Crippen LogP contribution < -0.4 is 10.6 Å². The van der Waals surface area contributed by atoms with E-state index in [1.54, 1.807) is 48.5 Å². The normalized spacial score (nSPS) is 11.4. The number of carbonyl (C=O) groups is 2. The number of benzene rings is 2. The van der Waals surface area contributed by atoms with Gasteiger partial charge in [0.05, 0.1) is 11.9 Å². The third kappa shape index (κ3) is 4.29. The Labute approximate surface area is 179 Å². The molecule has 4 aromatic rings. The molecule has 0 unspecified atom stereocenters. The SMILES string of the molecule is CC(=O)Nc1cccc(NC(=O)c2cnn3c(C(F)(F)F)cc(-c4ccccc4)nc23)c1. The van der Waals surface area contributed by atoms with E-state index < -0.39 is 17.8 Å². The zero-order valence-corrected chi connectivity index (χ0v) is 16.6. The highest BCUT2D eigenvalue weighted by Gasteiger charge is 2.36. The van der Waals surface area contributed by atoms with Crippen LogP contribution in [0, 0.1) is 0 Å². The lowest BCUT2D eigenvalue weighted by Gasteiger charge is -2.12. The predicted octanol–water partition coefficient (Wildman–Crippen LogP) is 4.63. The second-order valence-electron chi connectivity index (χ2n) is 6.90. The van der Waals surface area contributed by atoms with Gasteiger partial charge in [0.2, 0.25) is 5.91 Å². The molecule has 0 bridgehead atoms. The van der Waals surface area contributed by atoms with Gasteiger partial charge in [-0.15, -0.1) is 0 Å². The highest BCUT2D eigenvalue weighted by atomic mass is 19.4. The molecular weight excluding hydrogens is 423 g/mol. The van der Waals surface area contributed by atoms with Crippen LogP contribution in [0.15, 0.2) is 66.9 Å². The summed E-state index contributed by atoms with van der Waals surface area (Å²) in [5, 5.41) is 8.95. The Kier molecular flexibility index (Phi) is 5.35. The number of alkyl halides is 3. The minimum Gasteiger partial charge on any atom is -0.326 e. The van der Waals surface area contributed by atoms with Crippen molar-refractivity contribution in [3.63, 3.8) is 0 Å². The van der Waals surface area contributed by atoms with Gasteiger partial charge >= 0.3 is 6.18 Å². The second kappa shape index (κ2) is 8.14. The molecule has 0 aliphatic rings. The first-order chi connectivity index (χ1) is 15.2. The number of hydrogen-bond donors (Lipinski definition) is 2. The summed E-state index contributed by atoms with van der Waals surface area (Å²) in [5.41, 5.74) is -0.0703. The first-order valence-electron chi connectivity index (χ1n) is 9.43. The summed E-state index contributed by atoms with van der Waals surface area (Å²) >= 11 is 0. The van der Waals surface area contributed by atoms with Crippen LogP contribution in [0.25, 0.3) is 16.9 Å². The van der Waals surface area contributed by atoms with Crippen molar-refractivity contribution in [3.05, 3.63) is 78.1 Å². The molecule has 2 N–H and O–H groups in total. The van der Waals surface area contributed by atoms with E-state index in [1.807, 2.05) is 0 Å². The number of rotatable bonds is 4. The monoisotopic (exact) mass is 439 g/mol. The number of nitrogens with zero attached hydrogens (tertiary/aromatic N) is 3. The first-order valence-corrected chi connectivity index (χ1v) is 9.43. The topological polar surface area (TPSA) is 88.4 Å². The quantitative estimate of drug-likeness (QED) is 0.486. The Hall–Kier alpha value is -4.21. The number of fused-ring (bicyclic) bond motifs is 1. The average molecular weight is 439 g/mol. The molecule has 0 saturated carbocycles. The summed E-state index contributed by atoms with van der Waals surface area (Å²) in [7, 11) is 0. The maximum Gasteiger partial charge on any atom is 0.433 e. The largest absolute Gasteiger partial charge is 0.433 e. The number of anilines is 2. The summed E-state index contributed by atoms with van der Waals surface area (Å²) in [6.45, 7) is 1.35. The molecule has 4 rings (SSSR count). The fourth-order valence-electron chi connectivity index (χ4n) is 3.16. The number of nitrogens with one attached hydrogen (secondary N) is 2. The standard InChI is InChI=1S/C22H16F3N5O2/c1-13(31)27-15-8-5-9-16(10-15)28-21(32)17-12-26-30-19(22(23,24)25)11-18(29-20(17)30)14-6-3-2-4-7-14/h2-12H,1H3,(H,27,31)(H,28,32). The number of hydrogen-bond acceptors (Lipinski definition) is 4. The van der Waals surface area contributed by atoms with Gasteiger partial charge in [0.1, 0.15) is 5.56 Å². The summed E-state index contributed by atoms with van der Waals surface area (Å²) in [6, 6.07) is 15.6. The lowest BCUT2D eigenvalue weighted by Crippen LogP contribution is -2.16. The van der Waals surface area contributed by atoms with Crippen LogP contribution in [-0.2, 0) is 11.0 Å². The summed E-state index contributed by atoms with van der Waals surface area (Å²) in [4.78, 5) is 28.4. The third-order valence-corrected chi connectivity index (χ3v) is 4.52. The Morgan fingerprint density at radius 3 is 2.28 bits per heavy atom. The molecule has 2 amide bonds. The maximum absolute atomic E-state index is 13.7. The molecule has 0 fully saturated rings. The van der Waals surface area contributed by atoms with Gasteiger partial charge < -0.3 is 10.6 Å². The maximum atomic E-state index is 13.7. The van der Waals surface area contributed by atoms with E-state index in [0.717, 1.165) is 12.3 Å². The average Bonchev–Trinajstić information content (AvgIpc) is 3.17. The van der Waals surface area contributed by atoms with Gasteiger partial charge in [0, 0.05) is 23.9 Å². The van der Waals surface area contributed by atoms with Gasteiger partial charge in [0.15, 0.2) is 11.3 Å². The van der Waals surface area contributed by atoms with Gasteiger partial charge in [-0.05, 0) is 24.3 Å². The van der Waals surface area contributed by atoms with Crippen molar-refractivity contribution in [2.45, 2.75) is 13.1 Å². The fraction of sp³-hybridized carbons (Fsp3) is 0.0909. The van der Waals surface area contributed by atoms with Crippen molar-refractivity contribution >= 4 is 28.8 Å². The molecule has 32 heavy (non-hydrogen) atoms. The minimum absolute atomic E-state index is 0.0626. The Morgan fingerprint density at radius 2 is 1.62 bits per heavy atom. The van der Waals surface area contributed by atoms with Gasteiger partial charge in [0.25, 0.3) is 5.91 Å². The third-order valence-electron chi connectivity index (χ3n) is 4.52. The summed E-state index contributed by atoms with van der Waals surface area (Å²) in [5.74, 6) is -0.973. The fourth-order valence-corrected chi connectivity index (χ4v) is 3.16. The number of aromatic nitrogens is 3. The van der Waals surface area contributed by atoms with E-state index >= 15 is 0 Å². The molecule has 0 atom stereocenters. The molecule has 2 aromatic heterocycles. The van der Waals surface area contributed by atoms with Crippen molar-refractivity contribution in [1.29, 1.82) is 0 Å². The predicted molar refractivity (Wildman–Crippen MR) is 112 cm³/mol. The van der Waals surface area contributed by atoms with Crippen LogP contribution in [0.5, 0.6) is 0 Å². The Balaban J connectivity index is 1.76.